The van der Waals surface area contributed by atoms with E-state index in [1.807, 2.05) is 6.07 Å². The van der Waals surface area contributed by atoms with Crippen molar-refractivity contribution in [3.8, 4) is 0 Å². The number of benzene rings is 1. The van der Waals surface area contributed by atoms with Crippen LogP contribution in [0.25, 0.3) is 0 Å². The number of hydrogen-bond acceptors (Lipinski definition) is 3. The Bertz CT molecular complexity index is 447. The molecule has 1 unspecified atom stereocenters. The Morgan fingerprint density at radius 3 is 2.89 bits per heavy atom. The van der Waals surface area contributed by atoms with Gasteiger partial charge in [-0.25, -0.2) is 0 Å². The van der Waals surface area contributed by atoms with Crippen LogP contribution < -0.4 is 5.32 Å². The van der Waals surface area contributed by atoms with Crippen molar-refractivity contribution in [2.75, 3.05) is 0 Å². The zero-order valence-corrected chi connectivity index (χ0v) is 11.1. The van der Waals surface area contributed by atoms with Crippen molar-refractivity contribution in [3.05, 3.63) is 38.9 Å². The van der Waals surface area contributed by atoms with Gasteiger partial charge < -0.3 is 5.32 Å². The molecule has 0 radical (unpaired) electrons. The molecule has 5 heteroatoms. The minimum Gasteiger partial charge on any atom is -0.310 e. The van der Waals surface area contributed by atoms with E-state index < -0.39 is 4.92 Å². The van der Waals surface area contributed by atoms with E-state index in [0.717, 1.165) is 11.5 Å². The molecular weight excluding hydrogens is 252 g/mol. The summed E-state index contributed by atoms with van der Waals surface area (Å²) < 4.78 is 0. The highest BCUT2D eigenvalue weighted by Gasteiger charge is 2.23. The SMILES string of the molecule is CC(CC1CC1)NCc1ccc(Cl)c([N+](=O)[O-])c1. The number of nitrogens with one attached hydrogen (secondary N) is 1. The normalized spacial score (nSPS) is 16.6. The fourth-order valence-corrected chi connectivity index (χ4v) is 2.22. The first-order valence-electron chi connectivity index (χ1n) is 6.22. The molecule has 0 spiro atoms. The van der Waals surface area contributed by atoms with Crippen LogP contribution in [-0.2, 0) is 6.54 Å². The number of rotatable bonds is 6. The predicted octanol–water partition coefficient (Wildman–Crippen LogP) is 3.53. The number of nitro groups is 1. The summed E-state index contributed by atoms with van der Waals surface area (Å²) in [6, 6.07) is 5.40. The first kappa shape index (κ1) is 13.3. The fourth-order valence-electron chi connectivity index (χ4n) is 2.04. The van der Waals surface area contributed by atoms with E-state index in [0.29, 0.717) is 12.6 Å². The van der Waals surface area contributed by atoms with Gasteiger partial charge in [-0.05, 0) is 30.9 Å². The van der Waals surface area contributed by atoms with Crippen LogP contribution in [0.3, 0.4) is 0 Å². The molecule has 1 aliphatic rings. The molecule has 0 heterocycles. The molecule has 1 N–H and O–H groups in total. The average molecular weight is 269 g/mol. The lowest BCUT2D eigenvalue weighted by molar-refractivity contribution is -0.384. The third-order valence-corrected chi connectivity index (χ3v) is 3.57. The first-order chi connectivity index (χ1) is 8.56. The van der Waals surface area contributed by atoms with Crippen LogP contribution in [0.15, 0.2) is 18.2 Å². The van der Waals surface area contributed by atoms with Crippen LogP contribution in [0.1, 0.15) is 31.7 Å². The zero-order chi connectivity index (χ0) is 13.1. The van der Waals surface area contributed by atoms with E-state index in [1.54, 1.807) is 12.1 Å². The summed E-state index contributed by atoms with van der Waals surface area (Å²) in [5.74, 6) is 0.882. The lowest BCUT2D eigenvalue weighted by Crippen LogP contribution is -2.25. The summed E-state index contributed by atoms with van der Waals surface area (Å²) in [5, 5.41) is 14.3. The molecule has 1 aliphatic carbocycles. The Kier molecular flexibility index (Phi) is 4.19. The van der Waals surface area contributed by atoms with E-state index in [9.17, 15) is 10.1 Å². The van der Waals surface area contributed by atoms with Crippen molar-refractivity contribution >= 4 is 17.3 Å². The van der Waals surface area contributed by atoms with Crippen LogP contribution in [0.5, 0.6) is 0 Å². The molecule has 0 amide bonds. The first-order valence-corrected chi connectivity index (χ1v) is 6.60. The van der Waals surface area contributed by atoms with Gasteiger partial charge in [0.05, 0.1) is 4.92 Å². The summed E-state index contributed by atoms with van der Waals surface area (Å²) >= 11 is 5.77. The Hall–Kier alpha value is -1.13. The molecule has 2 rings (SSSR count). The van der Waals surface area contributed by atoms with Gasteiger partial charge in [-0.15, -0.1) is 0 Å². The van der Waals surface area contributed by atoms with Gasteiger partial charge in [-0.1, -0.05) is 30.5 Å². The van der Waals surface area contributed by atoms with E-state index in [2.05, 4.69) is 12.2 Å². The van der Waals surface area contributed by atoms with E-state index >= 15 is 0 Å². The van der Waals surface area contributed by atoms with Crippen molar-refractivity contribution in [3.63, 3.8) is 0 Å². The minimum absolute atomic E-state index is 0.0224. The molecule has 1 fully saturated rings. The van der Waals surface area contributed by atoms with Gasteiger partial charge in [0, 0.05) is 18.7 Å². The van der Waals surface area contributed by atoms with Crippen molar-refractivity contribution in [2.45, 2.75) is 38.8 Å². The predicted molar refractivity (Wildman–Crippen MR) is 71.7 cm³/mol. The number of nitrogens with zero attached hydrogens (tertiary/aromatic N) is 1. The van der Waals surface area contributed by atoms with E-state index in [4.69, 9.17) is 11.6 Å². The van der Waals surface area contributed by atoms with Gasteiger partial charge in [0.2, 0.25) is 0 Å². The van der Waals surface area contributed by atoms with Gasteiger partial charge in [0.25, 0.3) is 5.69 Å². The standard InChI is InChI=1S/C13H17ClN2O2/c1-9(6-10-2-3-10)15-8-11-4-5-12(14)13(7-11)16(17)18/h4-5,7,9-10,15H,2-3,6,8H2,1H3. The maximum absolute atomic E-state index is 10.8. The van der Waals surface area contributed by atoms with Crippen molar-refractivity contribution in [2.24, 2.45) is 5.92 Å². The maximum atomic E-state index is 10.8. The Labute approximate surface area is 111 Å². The van der Waals surface area contributed by atoms with Crippen LogP contribution in [0.4, 0.5) is 5.69 Å². The Balaban J connectivity index is 1.92. The maximum Gasteiger partial charge on any atom is 0.288 e. The third-order valence-electron chi connectivity index (χ3n) is 3.25. The second kappa shape index (κ2) is 5.67. The van der Waals surface area contributed by atoms with Crippen LogP contribution in [0, 0.1) is 16.0 Å². The molecule has 98 valence electrons. The number of hydrogen-bond donors (Lipinski definition) is 1. The van der Waals surface area contributed by atoms with Crippen LogP contribution in [0.2, 0.25) is 5.02 Å². The molecule has 4 nitrogen and oxygen atoms in total. The third kappa shape index (κ3) is 3.68. The van der Waals surface area contributed by atoms with Gasteiger partial charge in [-0.3, -0.25) is 10.1 Å². The summed E-state index contributed by atoms with van der Waals surface area (Å²) in [4.78, 5) is 10.3. The molecule has 1 saturated carbocycles. The molecule has 1 atom stereocenters. The highest BCUT2D eigenvalue weighted by Crippen LogP contribution is 2.33. The van der Waals surface area contributed by atoms with Gasteiger partial charge in [-0.2, -0.15) is 0 Å². The van der Waals surface area contributed by atoms with Crippen molar-refractivity contribution in [1.29, 1.82) is 0 Å². The van der Waals surface area contributed by atoms with E-state index in [-0.39, 0.29) is 10.7 Å². The highest BCUT2D eigenvalue weighted by atomic mass is 35.5. The minimum atomic E-state index is -0.445. The Morgan fingerprint density at radius 1 is 1.56 bits per heavy atom. The molecule has 0 saturated heterocycles. The highest BCUT2D eigenvalue weighted by molar-refractivity contribution is 6.32. The second-order valence-electron chi connectivity index (χ2n) is 5.00. The summed E-state index contributed by atoms with van der Waals surface area (Å²) in [6.45, 7) is 2.80. The molecule has 0 aromatic heterocycles. The monoisotopic (exact) mass is 268 g/mol. The summed E-state index contributed by atoms with van der Waals surface area (Å²) in [6.07, 6.45) is 3.88. The largest absolute Gasteiger partial charge is 0.310 e. The van der Waals surface area contributed by atoms with Gasteiger partial charge in [0.15, 0.2) is 0 Å². The molecule has 1 aromatic carbocycles. The molecule has 1 aromatic rings. The van der Waals surface area contributed by atoms with Gasteiger partial charge >= 0.3 is 0 Å². The topological polar surface area (TPSA) is 55.2 Å². The van der Waals surface area contributed by atoms with Crippen molar-refractivity contribution < 1.29 is 4.92 Å². The molecular formula is C13H17ClN2O2. The molecule has 0 bridgehead atoms. The quantitative estimate of drug-likeness (QED) is 0.634. The van der Waals surface area contributed by atoms with E-state index in [1.165, 1.54) is 19.3 Å². The van der Waals surface area contributed by atoms with Crippen molar-refractivity contribution in [1.82, 2.24) is 5.32 Å². The number of nitro benzene ring substituents is 1. The zero-order valence-electron chi connectivity index (χ0n) is 10.4. The smallest absolute Gasteiger partial charge is 0.288 e. The molecule has 18 heavy (non-hydrogen) atoms. The number of halogens is 1. The fraction of sp³-hybridized carbons (Fsp3) is 0.538. The average Bonchev–Trinajstić information content (AvgIpc) is 3.11. The lowest BCUT2D eigenvalue weighted by Gasteiger charge is -2.13. The van der Waals surface area contributed by atoms with Crippen LogP contribution >= 0.6 is 11.6 Å². The lowest BCUT2D eigenvalue weighted by atomic mass is 10.1. The second-order valence-corrected chi connectivity index (χ2v) is 5.41. The summed E-state index contributed by atoms with van der Waals surface area (Å²) in [5.41, 5.74) is 0.875. The molecule has 0 aliphatic heterocycles. The summed E-state index contributed by atoms with van der Waals surface area (Å²) in [7, 11) is 0. The Morgan fingerprint density at radius 2 is 2.28 bits per heavy atom. The van der Waals surface area contributed by atoms with Crippen LogP contribution in [-0.4, -0.2) is 11.0 Å². The van der Waals surface area contributed by atoms with Gasteiger partial charge in [0.1, 0.15) is 5.02 Å².